The van der Waals surface area contributed by atoms with Crippen LogP contribution in [0.25, 0.3) is 0 Å². The molecular formula is C21H43NO. The highest BCUT2D eigenvalue weighted by Crippen LogP contribution is 2.13. The number of ketones is 1. The minimum absolute atomic E-state index is 0.237. The predicted molar refractivity (Wildman–Crippen MR) is 103 cm³/mol. The van der Waals surface area contributed by atoms with E-state index in [0.717, 1.165) is 6.54 Å². The number of carbonyl (C=O) groups is 1. The lowest BCUT2D eigenvalue weighted by Gasteiger charge is -2.04. The summed E-state index contributed by atoms with van der Waals surface area (Å²) in [6, 6.07) is 0. The second-order valence-electron chi connectivity index (χ2n) is 7.18. The van der Waals surface area contributed by atoms with Crippen molar-refractivity contribution < 1.29 is 4.79 Å². The third-order valence-electron chi connectivity index (χ3n) is 4.58. The first-order chi connectivity index (χ1) is 11.3. The summed E-state index contributed by atoms with van der Waals surface area (Å²) in [5, 5.41) is 3.18. The Labute approximate surface area is 146 Å². The number of carbonyl (C=O) groups excluding carboxylic acids is 1. The molecule has 0 aliphatic rings. The maximum absolute atomic E-state index is 10.8. The van der Waals surface area contributed by atoms with E-state index in [0.29, 0.717) is 6.54 Å². The molecule has 0 aliphatic heterocycles. The van der Waals surface area contributed by atoms with Gasteiger partial charge in [-0.25, -0.2) is 0 Å². The summed E-state index contributed by atoms with van der Waals surface area (Å²) >= 11 is 0. The van der Waals surface area contributed by atoms with Crippen molar-refractivity contribution in [3.63, 3.8) is 0 Å². The van der Waals surface area contributed by atoms with Gasteiger partial charge in [0.15, 0.2) is 0 Å². The molecule has 0 rings (SSSR count). The van der Waals surface area contributed by atoms with Gasteiger partial charge in [0.1, 0.15) is 5.78 Å². The summed E-state index contributed by atoms with van der Waals surface area (Å²) in [5.74, 6) is 0.237. The molecule has 138 valence electrons. The third-order valence-corrected chi connectivity index (χ3v) is 4.58. The molecule has 0 fully saturated rings. The van der Waals surface area contributed by atoms with E-state index in [1.54, 1.807) is 6.92 Å². The lowest BCUT2D eigenvalue weighted by molar-refractivity contribution is -0.116. The molecule has 1 N–H and O–H groups in total. The zero-order valence-corrected chi connectivity index (χ0v) is 16.1. The quantitative estimate of drug-likeness (QED) is 0.277. The molecule has 0 saturated heterocycles. The molecule has 0 amide bonds. The molecule has 0 saturated carbocycles. The highest BCUT2D eigenvalue weighted by molar-refractivity contribution is 5.77. The molecule has 0 spiro atoms. The van der Waals surface area contributed by atoms with Gasteiger partial charge >= 0.3 is 0 Å². The van der Waals surface area contributed by atoms with E-state index >= 15 is 0 Å². The Morgan fingerprint density at radius 1 is 0.609 bits per heavy atom. The van der Waals surface area contributed by atoms with Crippen LogP contribution in [0, 0.1) is 0 Å². The van der Waals surface area contributed by atoms with E-state index in [9.17, 15) is 4.79 Å². The first-order valence-corrected chi connectivity index (χ1v) is 10.5. The minimum Gasteiger partial charge on any atom is -0.310 e. The average molecular weight is 326 g/mol. The summed E-state index contributed by atoms with van der Waals surface area (Å²) in [7, 11) is 0. The second-order valence-corrected chi connectivity index (χ2v) is 7.18. The summed E-state index contributed by atoms with van der Waals surface area (Å²) in [5.41, 5.74) is 0. The van der Waals surface area contributed by atoms with Crippen molar-refractivity contribution >= 4 is 5.78 Å². The van der Waals surface area contributed by atoms with Gasteiger partial charge in [0.25, 0.3) is 0 Å². The van der Waals surface area contributed by atoms with Gasteiger partial charge in [0.2, 0.25) is 0 Å². The van der Waals surface area contributed by atoms with Crippen LogP contribution in [0.2, 0.25) is 0 Å². The summed E-state index contributed by atoms with van der Waals surface area (Å²) in [6.45, 7) is 5.46. The topological polar surface area (TPSA) is 29.1 Å². The fourth-order valence-corrected chi connectivity index (χ4v) is 3.06. The molecule has 0 aromatic carbocycles. The fraction of sp³-hybridized carbons (Fsp3) is 0.952. The molecule has 0 atom stereocenters. The summed E-state index contributed by atoms with van der Waals surface area (Å²) in [4.78, 5) is 10.8. The normalized spacial score (nSPS) is 11.0. The Morgan fingerprint density at radius 3 is 1.30 bits per heavy atom. The molecule has 0 aromatic rings. The van der Waals surface area contributed by atoms with Crippen LogP contribution in [0.5, 0.6) is 0 Å². The molecule has 0 aliphatic carbocycles. The molecular weight excluding hydrogens is 282 g/mol. The van der Waals surface area contributed by atoms with E-state index in [4.69, 9.17) is 0 Å². The number of unbranched alkanes of at least 4 members (excludes halogenated alkanes) is 15. The molecule has 0 unspecified atom stereocenters. The van der Waals surface area contributed by atoms with Gasteiger partial charge in [0, 0.05) is 0 Å². The van der Waals surface area contributed by atoms with Crippen LogP contribution in [0.15, 0.2) is 0 Å². The minimum atomic E-state index is 0.237. The maximum atomic E-state index is 10.8. The number of hydrogen-bond donors (Lipinski definition) is 1. The van der Waals surface area contributed by atoms with Crippen LogP contribution < -0.4 is 5.32 Å². The van der Waals surface area contributed by atoms with Crippen LogP contribution >= 0.6 is 0 Å². The van der Waals surface area contributed by atoms with Gasteiger partial charge in [-0.15, -0.1) is 0 Å². The van der Waals surface area contributed by atoms with Gasteiger partial charge in [0.05, 0.1) is 6.54 Å². The third kappa shape index (κ3) is 21.6. The van der Waals surface area contributed by atoms with Crippen molar-refractivity contribution in [2.24, 2.45) is 0 Å². The molecule has 2 heteroatoms. The summed E-state index contributed by atoms with van der Waals surface area (Å²) in [6.07, 6.45) is 22.5. The highest BCUT2D eigenvalue weighted by atomic mass is 16.1. The van der Waals surface area contributed by atoms with Gasteiger partial charge in [-0.05, 0) is 19.9 Å². The molecule has 23 heavy (non-hydrogen) atoms. The molecule has 2 nitrogen and oxygen atoms in total. The van der Waals surface area contributed by atoms with E-state index in [1.807, 2.05) is 0 Å². The first kappa shape index (κ1) is 22.6. The Kier molecular flexibility index (Phi) is 19.4. The highest BCUT2D eigenvalue weighted by Gasteiger charge is 1.95. The average Bonchev–Trinajstić information content (AvgIpc) is 2.53. The number of rotatable bonds is 19. The predicted octanol–water partition coefficient (Wildman–Crippen LogP) is 6.43. The van der Waals surface area contributed by atoms with E-state index in [1.165, 1.54) is 103 Å². The zero-order valence-electron chi connectivity index (χ0n) is 16.1. The maximum Gasteiger partial charge on any atom is 0.143 e. The van der Waals surface area contributed by atoms with Crippen molar-refractivity contribution in [1.29, 1.82) is 0 Å². The number of hydrogen-bond acceptors (Lipinski definition) is 2. The Morgan fingerprint density at radius 2 is 0.957 bits per heavy atom. The van der Waals surface area contributed by atoms with Crippen molar-refractivity contribution in [2.75, 3.05) is 13.1 Å². The van der Waals surface area contributed by atoms with Gasteiger partial charge in [-0.1, -0.05) is 103 Å². The summed E-state index contributed by atoms with van der Waals surface area (Å²) < 4.78 is 0. The monoisotopic (exact) mass is 325 g/mol. The lowest BCUT2D eigenvalue weighted by Crippen LogP contribution is -2.21. The lowest BCUT2D eigenvalue weighted by atomic mass is 10.0. The standard InChI is InChI=1S/C21H43NO/c1-3-4-5-6-7-8-9-10-11-12-13-14-15-16-17-18-19-22-20-21(2)23/h22H,3-20H2,1-2H3. The number of nitrogens with one attached hydrogen (secondary N) is 1. The van der Waals surface area contributed by atoms with Gasteiger partial charge < -0.3 is 5.32 Å². The first-order valence-electron chi connectivity index (χ1n) is 10.5. The van der Waals surface area contributed by atoms with E-state index in [-0.39, 0.29) is 5.78 Å². The SMILES string of the molecule is CCCCCCCCCCCCCCCCCCNCC(C)=O. The Balaban J connectivity index is 2.96. The number of Topliss-reactive ketones (excluding diaryl/α,β-unsaturated/α-hetero) is 1. The van der Waals surface area contributed by atoms with Crippen molar-refractivity contribution in [3.05, 3.63) is 0 Å². The van der Waals surface area contributed by atoms with E-state index in [2.05, 4.69) is 12.2 Å². The second kappa shape index (κ2) is 19.7. The van der Waals surface area contributed by atoms with Crippen molar-refractivity contribution in [1.82, 2.24) is 5.32 Å². The Hall–Kier alpha value is -0.370. The van der Waals surface area contributed by atoms with Crippen LogP contribution in [-0.2, 0) is 4.79 Å². The molecule has 0 heterocycles. The van der Waals surface area contributed by atoms with Crippen molar-refractivity contribution in [3.8, 4) is 0 Å². The molecule has 0 radical (unpaired) electrons. The van der Waals surface area contributed by atoms with Crippen LogP contribution in [-0.4, -0.2) is 18.9 Å². The fourth-order valence-electron chi connectivity index (χ4n) is 3.06. The largest absolute Gasteiger partial charge is 0.310 e. The van der Waals surface area contributed by atoms with Crippen LogP contribution in [0.3, 0.4) is 0 Å². The van der Waals surface area contributed by atoms with Gasteiger partial charge in [-0.2, -0.15) is 0 Å². The molecule has 0 aromatic heterocycles. The Bertz CT molecular complexity index is 240. The van der Waals surface area contributed by atoms with Crippen LogP contribution in [0.4, 0.5) is 0 Å². The molecule has 0 bridgehead atoms. The van der Waals surface area contributed by atoms with Gasteiger partial charge in [-0.3, -0.25) is 4.79 Å². The van der Waals surface area contributed by atoms with Crippen molar-refractivity contribution in [2.45, 2.75) is 117 Å². The van der Waals surface area contributed by atoms with Crippen LogP contribution in [0.1, 0.15) is 117 Å². The van der Waals surface area contributed by atoms with E-state index < -0.39 is 0 Å². The smallest absolute Gasteiger partial charge is 0.143 e. The zero-order chi connectivity index (χ0) is 17.0.